The molecule has 0 radical (unpaired) electrons. The lowest BCUT2D eigenvalue weighted by molar-refractivity contribution is -0.118. The Labute approximate surface area is 177 Å². The van der Waals surface area contributed by atoms with Crippen LogP contribution in [0.4, 0.5) is 10.1 Å². The zero-order valence-corrected chi connectivity index (χ0v) is 16.6. The highest BCUT2D eigenvalue weighted by Gasteiger charge is 2.15. The van der Waals surface area contributed by atoms with Crippen molar-refractivity contribution in [3.63, 3.8) is 0 Å². The van der Waals surface area contributed by atoms with Crippen LogP contribution < -0.4 is 16.4 Å². The van der Waals surface area contributed by atoms with Gasteiger partial charge in [-0.1, -0.05) is 24.3 Å². The number of nitrogens with zero attached hydrogens (tertiary/aromatic N) is 1. The van der Waals surface area contributed by atoms with E-state index in [0.29, 0.717) is 17.1 Å². The average Bonchev–Trinajstić information content (AvgIpc) is 3.21. The number of aromatic nitrogens is 1. The molecule has 0 spiro atoms. The van der Waals surface area contributed by atoms with Crippen molar-refractivity contribution in [3.05, 3.63) is 72.0 Å². The average molecular weight is 424 g/mol. The maximum absolute atomic E-state index is 13.9. The fourth-order valence-electron chi connectivity index (χ4n) is 2.83. The maximum Gasteiger partial charge on any atom is 0.253 e. The van der Waals surface area contributed by atoms with Crippen molar-refractivity contribution in [2.24, 2.45) is 5.73 Å². The Kier molecular flexibility index (Phi) is 7.10. The van der Waals surface area contributed by atoms with E-state index in [-0.39, 0.29) is 43.0 Å². The number of amides is 3. The SMILES string of the molecule is NC(=O)CCNC(=O)c1ccccc1NC(=O)CCc1ncc(-c2ccccc2F)o1. The summed E-state index contributed by atoms with van der Waals surface area (Å²) in [6.45, 7) is 0.102. The molecule has 0 atom stereocenters. The van der Waals surface area contributed by atoms with Gasteiger partial charge in [0.1, 0.15) is 5.82 Å². The molecule has 0 saturated carbocycles. The molecule has 9 heteroatoms. The number of benzene rings is 2. The third kappa shape index (κ3) is 5.99. The molecule has 8 nitrogen and oxygen atoms in total. The van der Waals surface area contributed by atoms with Gasteiger partial charge in [0.15, 0.2) is 11.7 Å². The van der Waals surface area contributed by atoms with Gasteiger partial charge in [0.05, 0.1) is 23.0 Å². The summed E-state index contributed by atoms with van der Waals surface area (Å²) in [4.78, 5) is 39.6. The van der Waals surface area contributed by atoms with Gasteiger partial charge in [0.2, 0.25) is 11.8 Å². The monoisotopic (exact) mass is 424 g/mol. The normalized spacial score (nSPS) is 10.5. The number of para-hydroxylation sites is 1. The van der Waals surface area contributed by atoms with Crippen LogP contribution in [0, 0.1) is 5.82 Å². The molecule has 0 aliphatic heterocycles. The molecule has 0 fully saturated rings. The number of oxazole rings is 1. The van der Waals surface area contributed by atoms with Crippen LogP contribution in [-0.4, -0.2) is 29.3 Å². The largest absolute Gasteiger partial charge is 0.441 e. The van der Waals surface area contributed by atoms with Gasteiger partial charge in [0, 0.05) is 25.8 Å². The second-order valence-corrected chi connectivity index (χ2v) is 6.66. The lowest BCUT2D eigenvalue weighted by Crippen LogP contribution is -2.28. The standard InChI is InChI=1S/C22H21FN4O4/c23-16-7-3-1-5-14(16)18-13-26-21(31-18)10-9-20(29)27-17-8-4-2-6-15(17)22(30)25-12-11-19(24)28/h1-8,13H,9-12H2,(H2,24,28)(H,25,30)(H,27,29). The van der Waals surface area contributed by atoms with E-state index >= 15 is 0 Å². The molecule has 3 amide bonds. The molecule has 2 aromatic carbocycles. The number of halogens is 1. The number of hydrogen-bond donors (Lipinski definition) is 3. The molecular formula is C22H21FN4O4. The van der Waals surface area contributed by atoms with Crippen LogP contribution in [0.2, 0.25) is 0 Å². The Morgan fingerprint density at radius 1 is 1.03 bits per heavy atom. The van der Waals surface area contributed by atoms with Crippen LogP contribution in [0.25, 0.3) is 11.3 Å². The first-order valence-corrected chi connectivity index (χ1v) is 9.59. The number of rotatable bonds is 9. The molecule has 4 N–H and O–H groups in total. The highest BCUT2D eigenvalue weighted by molar-refractivity contribution is 6.03. The highest BCUT2D eigenvalue weighted by atomic mass is 19.1. The summed E-state index contributed by atoms with van der Waals surface area (Å²) >= 11 is 0. The molecule has 3 rings (SSSR count). The highest BCUT2D eigenvalue weighted by Crippen LogP contribution is 2.23. The lowest BCUT2D eigenvalue weighted by Gasteiger charge is -2.11. The minimum atomic E-state index is -0.522. The summed E-state index contributed by atoms with van der Waals surface area (Å²) in [7, 11) is 0. The number of nitrogens with one attached hydrogen (secondary N) is 2. The molecule has 0 aliphatic carbocycles. The maximum atomic E-state index is 13.9. The van der Waals surface area contributed by atoms with E-state index in [2.05, 4.69) is 15.6 Å². The molecule has 31 heavy (non-hydrogen) atoms. The number of anilines is 1. The number of aryl methyl sites for hydroxylation is 1. The van der Waals surface area contributed by atoms with Gasteiger partial charge in [-0.15, -0.1) is 0 Å². The van der Waals surface area contributed by atoms with E-state index in [1.807, 2.05) is 0 Å². The Hall–Kier alpha value is -4.01. The lowest BCUT2D eigenvalue weighted by atomic mass is 10.1. The summed E-state index contributed by atoms with van der Waals surface area (Å²) in [6.07, 6.45) is 1.69. The predicted octanol–water partition coefficient (Wildman–Crippen LogP) is 2.66. The van der Waals surface area contributed by atoms with E-state index in [1.54, 1.807) is 42.5 Å². The summed E-state index contributed by atoms with van der Waals surface area (Å²) in [5.41, 5.74) is 5.95. The number of carbonyl (C=O) groups is 3. The van der Waals surface area contributed by atoms with Gasteiger partial charge >= 0.3 is 0 Å². The number of nitrogens with two attached hydrogens (primary N) is 1. The van der Waals surface area contributed by atoms with Crippen LogP contribution in [0.1, 0.15) is 29.1 Å². The van der Waals surface area contributed by atoms with Crippen molar-refractivity contribution in [2.75, 3.05) is 11.9 Å². The third-order valence-corrected chi connectivity index (χ3v) is 4.36. The van der Waals surface area contributed by atoms with Crippen molar-refractivity contribution in [1.29, 1.82) is 0 Å². The van der Waals surface area contributed by atoms with Crippen LogP contribution in [0.5, 0.6) is 0 Å². The van der Waals surface area contributed by atoms with E-state index in [1.165, 1.54) is 12.3 Å². The Morgan fingerprint density at radius 2 is 1.77 bits per heavy atom. The van der Waals surface area contributed by atoms with Gasteiger partial charge in [-0.05, 0) is 24.3 Å². The molecule has 1 aromatic heterocycles. The van der Waals surface area contributed by atoms with Crippen LogP contribution in [0.15, 0.2) is 59.1 Å². The third-order valence-electron chi connectivity index (χ3n) is 4.36. The number of primary amides is 1. The molecular weight excluding hydrogens is 403 g/mol. The van der Waals surface area contributed by atoms with Gasteiger partial charge < -0.3 is 20.8 Å². The summed E-state index contributed by atoms with van der Waals surface area (Å²) in [6, 6.07) is 12.7. The minimum Gasteiger partial charge on any atom is -0.441 e. The van der Waals surface area contributed by atoms with Gasteiger partial charge in [-0.3, -0.25) is 14.4 Å². The van der Waals surface area contributed by atoms with Crippen molar-refractivity contribution >= 4 is 23.4 Å². The van der Waals surface area contributed by atoms with E-state index < -0.39 is 17.6 Å². The predicted molar refractivity (Wildman–Crippen MR) is 111 cm³/mol. The fraction of sp³-hybridized carbons (Fsp3) is 0.182. The van der Waals surface area contributed by atoms with Crippen molar-refractivity contribution in [2.45, 2.75) is 19.3 Å². The molecule has 0 unspecified atom stereocenters. The first-order chi connectivity index (χ1) is 14.9. The van der Waals surface area contributed by atoms with Crippen LogP contribution in [-0.2, 0) is 16.0 Å². The van der Waals surface area contributed by atoms with Crippen molar-refractivity contribution in [3.8, 4) is 11.3 Å². The van der Waals surface area contributed by atoms with Gasteiger partial charge in [-0.25, -0.2) is 9.37 Å². The Morgan fingerprint density at radius 3 is 2.55 bits per heavy atom. The second kappa shape index (κ2) is 10.1. The Balaban J connectivity index is 1.58. The summed E-state index contributed by atoms with van der Waals surface area (Å²) in [5.74, 6) is -1.14. The smallest absolute Gasteiger partial charge is 0.253 e. The summed E-state index contributed by atoms with van der Waals surface area (Å²) in [5, 5.41) is 5.27. The zero-order valence-electron chi connectivity index (χ0n) is 16.6. The van der Waals surface area contributed by atoms with Crippen molar-refractivity contribution < 1.29 is 23.2 Å². The molecule has 1 heterocycles. The van der Waals surface area contributed by atoms with Gasteiger partial charge in [-0.2, -0.15) is 0 Å². The molecule has 3 aromatic rings. The zero-order chi connectivity index (χ0) is 22.2. The first kappa shape index (κ1) is 21.7. The number of hydrogen-bond acceptors (Lipinski definition) is 5. The van der Waals surface area contributed by atoms with Crippen LogP contribution >= 0.6 is 0 Å². The molecule has 0 saturated heterocycles. The summed E-state index contributed by atoms with van der Waals surface area (Å²) < 4.78 is 19.4. The van der Waals surface area contributed by atoms with E-state index in [0.717, 1.165) is 0 Å². The van der Waals surface area contributed by atoms with Crippen molar-refractivity contribution in [1.82, 2.24) is 10.3 Å². The Bertz CT molecular complexity index is 1100. The molecule has 160 valence electrons. The van der Waals surface area contributed by atoms with Crippen LogP contribution in [0.3, 0.4) is 0 Å². The second-order valence-electron chi connectivity index (χ2n) is 6.66. The minimum absolute atomic E-state index is 0.0191. The van der Waals surface area contributed by atoms with Gasteiger partial charge in [0.25, 0.3) is 5.91 Å². The quantitative estimate of drug-likeness (QED) is 0.487. The molecule has 0 bridgehead atoms. The fourth-order valence-corrected chi connectivity index (χ4v) is 2.83. The van der Waals surface area contributed by atoms with E-state index in [9.17, 15) is 18.8 Å². The topological polar surface area (TPSA) is 127 Å². The first-order valence-electron chi connectivity index (χ1n) is 9.59. The van der Waals surface area contributed by atoms with E-state index in [4.69, 9.17) is 10.2 Å². The molecule has 0 aliphatic rings. The number of carbonyl (C=O) groups excluding carboxylic acids is 3.